The molecule has 1 N–H and O–H groups in total. The number of nitrogens with zero attached hydrogens (tertiary/aromatic N) is 5. The number of halogens is 1. The Hall–Kier alpha value is -4.08. The average molecular weight is 477 g/mol. The van der Waals surface area contributed by atoms with E-state index in [0.29, 0.717) is 19.6 Å². The van der Waals surface area contributed by atoms with Gasteiger partial charge >= 0.3 is 5.97 Å². The van der Waals surface area contributed by atoms with Gasteiger partial charge < -0.3 is 19.4 Å². The fourth-order valence-electron chi connectivity index (χ4n) is 4.37. The highest BCUT2D eigenvalue weighted by Crippen LogP contribution is 2.37. The summed E-state index contributed by atoms with van der Waals surface area (Å²) in [6.07, 6.45) is 4.81. The molecular formula is C25H24FN5O4. The summed E-state index contributed by atoms with van der Waals surface area (Å²) in [7, 11) is 1.46. The van der Waals surface area contributed by atoms with Crippen LogP contribution in [0.15, 0.2) is 57.5 Å². The van der Waals surface area contributed by atoms with Crippen molar-refractivity contribution >= 4 is 34.7 Å². The van der Waals surface area contributed by atoms with Crippen molar-refractivity contribution < 1.29 is 19.1 Å². The largest absolute Gasteiger partial charge is 0.477 e. The van der Waals surface area contributed by atoms with Crippen LogP contribution in [-0.2, 0) is 4.84 Å². The molecule has 1 aliphatic heterocycles. The highest BCUT2D eigenvalue weighted by atomic mass is 19.1. The third kappa shape index (κ3) is 4.51. The molecule has 0 radical (unpaired) electrons. The fraction of sp³-hybridized carbons (Fsp3) is 0.320. The number of hydrogen-bond acceptors (Lipinski definition) is 7. The number of carboxylic acid groups (broad SMARTS) is 1. The van der Waals surface area contributed by atoms with Crippen LogP contribution in [0.25, 0.3) is 11.0 Å². The number of fused-ring (bicyclic) bond motifs is 1. The van der Waals surface area contributed by atoms with Crippen molar-refractivity contribution in [1.82, 2.24) is 9.55 Å². The van der Waals surface area contributed by atoms with Crippen LogP contribution < -0.4 is 10.3 Å². The van der Waals surface area contributed by atoms with Crippen LogP contribution in [0, 0.1) is 11.7 Å². The zero-order valence-corrected chi connectivity index (χ0v) is 19.1. The molecule has 1 unspecified atom stereocenters. The lowest BCUT2D eigenvalue weighted by molar-refractivity contribution is 0.0695. The lowest BCUT2D eigenvalue weighted by Gasteiger charge is -2.19. The summed E-state index contributed by atoms with van der Waals surface area (Å²) >= 11 is 0. The lowest BCUT2D eigenvalue weighted by Crippen LogP contribution is -2.25. The summed E-state index contributed by atoms with van der Waals surface area (Å²) in [5.41, 5.74) is 0.868. The fourth-order valence-corrected chi connectivity index (χ4v) is 4.37. The first-order chi connectivity index (χ1) is 17.0. The van der Waals surface area contributed by atoms with Crippen LogP contribution in [0.4, 0.5) is 10.2 Å². The van der Waals surface area contributed by atoms with Gasteiger partial charge in [0.15, 0.2) is 11.6 Å². The van der Waals surface area contributed by atoms with E-state index in [4.69, 9.17) is 4.84 Å². The van der Waals surface area contributed by atoms with E-state index < -0.39 is 17.2 Å². The minimum Gasteiger partial charge on any atom is -0.477 e. The normalized spacial score (nSPS) is 19.2. The first kappa shape index (κ1) is 22.7. The molecule has 35 heavy (non-hydrogen) atoms. The molecule has 10 heteroatoms. The first-order valence-corrected chi connectivity index (χ1v) is 11.3. The topological polar surface area (TPSA) is 109 Å². The van der Waals surface area contributed by atoms with Gasteiger partial charge in [0, 0.05) is 37.5 Å². The molecule has 0 spiro atoms. The number of rotatable bonds is 7. The van der Waals surface area contributed by atoms with Crippen molar-refractivity contribution in [2.45, 2.75) is 18.9 Å². The van der Waals surface area contributed by atoms with E-state index in [9.17, 15) is 14.7 Å². The van der Waals surface area contributed by atoms with Gasteiger partial charge in [-0.3, -0.25) is 9.79 Å². The molecule has 3 heterocycles. The molecule has 0 bridgehead atoms. The van der Waals surface area contributed by atoms with E-state index in [1.807, 2.05) is 30.3 Å². The van der Waals surface area contributed by atoms with Gasteiger partial charge in [-0.2, -0.15) is 0 Å². The molecule has 2 fully saturated rings. The second-order valence-corrected chi connectivity index (χ2v) is 8.73. The van der Waals surface area contributed by atoms with E-state index in [0.717, 1.165) is 30.2 Å². The van der Waals surface area contributed by atoms with E-state index in [1.165, 1.54) is 13.3 Å². The van der Waals surface area contributed by atoms with E-state index in [2.05, 4.69) is 15.1 Å². The zero-order chi connectivity index (χ0) is 24.5. The molecule has 1 aromatic carbocycles. The van der Waals surface area contributed by atoms with Crippen molar-refractivity contribution in [2.75, 3.05) is 31.6 Å². The quantitative estimate of drug-likeness (QED) is 0.414. The molecule has 1 saturated carbocycles. The van der Waals surface area contributed by atoms with Crippen LogP contribution in [0.3, 0.4) is 0 Å². The zero-order valence-electron chi connectivity index (χ0n) is 19.1. The highest BCUT2D eigenvalue weighted by molar-refractivity contribution is 5.95. The maximum Gasteiger partial charge on any atom is 0.341 e. The maximum absolute atomic E-state index is 15.2. The Balaban J connectivity index is 1.48. The predicted octanol–water partition coefficient (Wildman–Crippen LogP) is 3.13. The molecule has 1 saturated heterocycles. The minimum atomic E-state index is -1.34. The van der Waals surface area contributed by atoms with Crippen LogP contribution in [0.1, 0.15) is 34.8 Å². The number of benzene rings is 1. The molecule has 2 aliphatic rings. The van der Waals surface area contributed by atoms with Gasteiger partial charge in [0.25, 0.3) is 0 Å². The number of hydrogen-bond donors (Lipinski definition) is 1. The first-order valence-electron chi connectivity index (χ1n) is 11.3. The second kappa shape index (κ2) is 9.28. The molecule has 1 atom stereocenters. The van der Waals surface area contributed by atoms with Crippen molar-refractivity contribution in [2.24, 2.45) is 16.1 Å². The van der Waals surface area contributed by atoms with Crippen LogP contribution in [0.2, 0.25) is 0 Å². The third-order valence-electron chi connectivity index (χ3n) is 6.25. The number of aromatic nitrogens is 2. The number of carboxylic acids is 1. The summed E-state index contributed by atoms with van der Waals surface area (Å²) in [5.74, 6) is -2.04. The summed E-state index contributed by atoms with van der Waals surface area (Å²) in [6.45, 7) is 1.16. The van der Waals surface area contributed by atoms with Crippen LogP contribution in [0.5, 0.6) is 0 Å². The smallest absolute Gasteiger partial charge is 0.341 e. The summed E-state index contributed by atoms with van der Waals surface area (Å²) in [5, 5.41) is 13.5. The number of anilines is 1. The van der Waals surface area contributed by atoms with Crippen molar-refractivity contribution in [3.63, 3.8) is 0 Å². The number of aromatic carboxylic acids is 1. The van der Waals surface area contributed by atoms with E-state index in [1.54, 1.807) is 15.7 Å². The van der Waals surface area contributed by atoms with Crippen molar-refractivity contribution in [3.05, 3.63) is 69.8 Å². The van der Waals surface area contributed by atoms with Gasteiger partial charge in [-0.1, -0.05) is 35.5 Å². The molecule has 5 rings (SSSR count). The maximum atomic E-state index is 15.2. The number of aliphatic imine (C=N–C) groups is 1. The summed E-state index contributed by atoms with van der Waals surface area (Å²) in [6, 6.07) is 10.9. The Morgan fingerprint density at radius 1 is 1.31 bits per heavy atom. The molecule has 180 valence electrons. The Kier molecular flexibility index (Phi) is 6.02. The standard InChI is InChI=1S/C25H24FN5O4/c1-35-29-21-14-30(12-16(21)11-27-10-15-5-3-2-4-6-15)24-20(26)9-18-22(32)19(25(33)34)13-31(17-7-8-17)23(18)28-24/h2-6,9-10,13,16-17H,7-8,11-12,14H2,1H3,(H,33,34). The molecule has 0 amide bonds. The van der Waals surface area contributed by atoms with Gasteiger partial charge in [0.2, 0.25) is 5.43 Å². The van der Waals surface area contributed by atoms with Crippen LogP contribution >= 0.6 is 0 Å². The summed E-state index contributed by atoms with van der Waals surface area (Å²) < 4.78 is 16.9. The number of pyridine rings is 2. The SMILES string of the molecule is CON=C1CN(c2nc3c(cc2F)c(=O)c(C(=O)O)cn3C2CC2)CC1CN=Cc1ccccc1. The Bertz CT molecular complexity index is 1400. The van der Waals surface area contributed by atoms with Gasteiger partial charge in [0.05, 0.1) is 17.6 Å². The van der Waals surface area contributed by atoms with Gasteiger partial charge in [-0.15, -0.1) is 0 Å². The Morgan fingerprint density at radius 2 is 2.09 bits per heavy atom. The van der Waals surface area contributed by atoms with E-state index >= 15 is 4.39 Å². The Labute approximate surface area is 200 Å². The predicted molar refractivity (Wildman–Crippen MR) is 130 cm³/mol. The molecule has 3 aromatic rings. The highest BCUT2D eigenvalue weighted by Gasteiger charge is 2.33. The van der Waals surface area contributed by atoms with Crippen LogP contribution in [-0.4, -0.2) is 59.3 Å². The van der Waals surface area contributed by atoms with Crippen molar-refractivity contribution in [1.29, 1.82) is 0 Å². The average Bonchev–Trinajstić information content (AvgIpc) is 3.61. The lowest BCUT2D eigenvalue weighted by atomic mass is 10.1. The molecule has 2 aromatic heterocycles. The monoisotopic (exact) mass is 477 g/mol. The number of carbonyl (C=O) groups is 1. The third-order valence-corrected chi connectivity index (χ3v) is 6.25. The number of oxime groups is 1. The Morgan fingerprint density at radius 3 is 2.77 bits per heavy atom. The van der Waals surface area contributed by atoms with Crippen molar-refractivity contribution in [3.8, 4) is 0 Å². The van der Waals surface area contributed by atoms with Gasteiger partial charge in [-0.25, -0.2) is 14.2 Å². The van der Waals surface area contributed by atoms with Gasteiger partial charge in [0.1, 0.15) is 18.3 Å². The van der Waals surface area contributed by atoms with Gasteiger partial charge in [-0.05, 0) is 24.5 Å². The second-order valence-electron chi connectivity index (χ2n) is 8.73. The molecule has 1 aliphatic carbocycles. The molecular weight excluding hydrogens is 453 g/mol. The molecule has 9 nitrogen and oxygen atoms in total. The van der Waals surface area contributed by atoms with E-state index in [-0.39, 0.29) is 34.4 Å². The minimum absolute atomic E-state index is 0.0351. The summed E-state index contributed by atoms with van der Waals surface area (Å²) in [4.78, 5) is 40.1.